The second-order valence-electron chi connectivity index (χ2n) is 7.51. The third-order valence-corrected chi connectivity index (χ3v) is 6.35. The maximum absolute atomic E-state index is 12.9. The minimum Gasteiger partial charge on any atom is -0.496 e. The number of fused-ring (bicyclic) bond motifs is 1. The first-order valence-corrected chi connectivity index (χ1v) is 11.3. The fourth-order valence-electron chi connectivity index (χ4n) is 3.60. The van der Waals surface area contributed by atoms with Crippen molar-refractivity contribution < 1.29 is 14.3 Å². The number of benzene rings is 3. The summed E-state index contributed by atoms with van der Waals surface area (Å²) in [6.07, 6.45) is 0. The standard InChI is InChI=1S/C25H25N3O3S/c1-17-16-28(21-8-4-6-10-23(21)32-17)25(30)27-20-13-11-18(12-14-20)24(29)26-15-19-7-3-5-9-22(19)31-2/h3-14,17H,15-16H2,1-2H3,(H,26,29)(H,27,30)/t17-/m1/s1. The molecule has 32 heavy (non-hydrogen) atoms. The number of hydrogen-bond acceptors (Lipinski definition) is 4. The molecule has 6 nitrogen and oxygen atoms in total. The van der Waals surface area contributed by atoms with Crippen molar-refractivity contribution in [2.45, 2.75) is 23.6 Å². The number of rotatable bonds is 5. The van der Waals surface area contributed by atoms with Gasteiger partial charge >= 0.3 is 6.03 Å². The molecule has 2 N–H and O–H groups in total. The predicted octanol–water partition coefficient (Wildman–Crippen LogP) is 5.16. The Balaban J connectivity index is 1.39. The van der Waals surface area contributed by atoms with Gasteiger partial charge in [-0.1, -0.05) is 37.3 Å². The van der Waals surface area contributed by atoms with Crippen LogP contribution in [0.15, 0.2) is 77.7 Å². The van der Waals surface area contributed by atoms with Crippen LogP contribution in [-0.4, -0.2) is 30.8 Å². The zero-order chi connectivity index (χ0) is 22.5. The number of hydrogen-bond donors (Lipinski definition) is 2. The first-order valence-electron chi connectivity index (χ1n) is 10.4. The summed E-state index contributed by atoms with van der Waals surface area (Å²) in [5.41, 5.74) is 2.98. The van der Waals surface area contributed by atoms with E-state index in [1.165, 1.54) is 0 Å². The Morgan fingerprint density at radius 1 is 1.03 bits per heavy atom. The Kier molecular flexibility index (Phi) is 6.66. The lowest BCUT2D eigenvalue weighted by Crippen LogP contribution is -2.41. The number of ether oxygens (including phenoxy) is 1. The summed E-state index contributed by atoms with van der Waals surface area (Å²) >= 11 is 1.78. The quantitative estimate of drug-likeness (QED) is 0.567. The minimum absolute atomic E-state index is 0.182. The topological polar surface area (TPSA) is 70.7 Å². The molecule has 1 aliphatic rings. The number of carbonyl (C=O) groups excluding carboxylic acids is 2. The number of nitrogens with one attached hydrogen (secondary N) is 2. The third-order valence-electron chi connectivity index (χ3n) is 5.20. The fourth-order valence-corrected chi connectivity index (χ4v) is 4.72. The van der Waals surface area contributed by atoms with Crippen LogP contribution in [-0.2, 0) is 6.54 Å². The lowest BCUT2D eigenvalue weighted by atomic mass is 10.1. The third kappa shape index (κ3) is 4.89. The molecule has 1 heterocycles. The summed E-state index contributed by atoms with van der Waals surface area (Å²) in [5.74, 6) is 0.544. The molecule has 0 saturated heterocycles. The van der Waals surface area contributed by atoms with Crippen molar-refractivity contribution in [2.75, 3.05) is 23.9 Å². The van der Waals surface area contributed by atoms with Gasteiger partial charge in [-0.3, -0.25) is 9.69 Å². The molecule has 3 aromatic rings. The molecule has 0 aromatic heterocycles. The number of carbonyl (C=O) groups is 2. The molecule has 164 valence electrons. The molecule has 0 saturated carbocycles. The number of nitrogens with zero attached hydrogens (tertiary/aromatic N) is 1. The second-order valence-corrected chi connectivity index (χ2v) is 8.99. The molecule has 0 radical (unpaired) electrons. The average molecular weight is 448 g/mol. The largest absolute Gasteiger partial charge is 0.496 e. The molecular weight excluding hydrogens is 422 g/mol. The average Bonchev–Trinajstić information content (AvgIpc) is 2.82. The van der Waals surface area contributed by atoms with Crippen LogP contribution in [0.3, 0.4) is 0 Å². The molecule has 0 bridgehead atoms. The van der Waals surface area contributed by atoms with E-state index in [2.05, 4.69) is 17.6 Å². The Labute approximate surface area is 192 Å². The van der Waals surface area contributed by atoms with Gasteiger partial charge in [0.25, 0.3) is 5.91 Å². The summed E-state index contributed by atoms with van der Waals surface area (Å²) in [6, 6.07) is 22.2. The molecule has 0 aliphatic carbocycles. The maximum atomic E-state index is 12.9. The second kappa shape index (κ2) is 9.78. The van der Waals surface area contributed by atoms with Gasteiger partial charge in [0.1, 0.15) is 5.75 Å². The summed E-state index contributed by atoms with van der Waals surface area (Å²) in [7, 11) is 1.61. The number of urea groups is 1. The van der Waals surface area contributed by atoms with E-state index in [0.717, 1.165) is 21.9 Å². The molecule has 3 aromatic carbocycles. The smallest absolute Gasteiger partial charge is 0.326 e. The van der Waals surface area contributed by atoms with E-state index >= 15 is 0 Å². The minimum atomic E-state index is -0.190. The van der Waals surface area contributed by atoms with Crippen LogP contribution < -0.4 is 20.3 Å². The highest BCUT2D eigenvalue weighted by Crippen LogP contribution is 2.38. The molecule has 0 fully saturated rings. The van der Waals surface area contributed by atoms with Crippen molar-refractivity contribution in [2.24, 2.45) is 0 Å². The lowest BCUT2D eigenvalue weighted by molar-refractivity contribution is 0.0950. The number of para-hydroxylation sites is 2. The van der Waals surface area contributed by atoms with Crippen LogP contribution in [0.1, 0.15) is 22.8 Å². The van der Waals surface area contributed by atoms with E-state index in [9.17, 15) is 9.59 Å². The number of amides is 3. The first kappa shape index (κ1) is 21.8. The molecule has 1 atom stereocenters. The van der Waals surface area contributed by atoms with E-state index in [0.29, 0.717) is 29.6 Å². The summed E-state index contributed by atoms with van der Waals surface area (Å²) < 4.78 is 5.32. The zero-order valence-corrected chi connectivity index (χ0v) is 18.8. The van der Waals surface area contributed by atoms with Gasteiger partial charge in [0.05, 0.1) is 12.8 Å². The van der Waals surface area contributed by atoms with Crippen LogP contribution in [0.2, 0.25) is 0 Å². The van der Waals surface area contributed by atoms with E-state index in [-0.39, 0.29) is 11.9 Å². The van der Waals surface area contributed by atoms with E-state index in [1.54, 1.807) is 48.0 Å². The summed E-state index contributed by atoms with van der Waals surface area (Å²) in [4.78, 5) is 28.3. The number of anilines is 2. The monoisotopic (exact) mass is 447 g/mol. The van der Waals surface area contributed by atoms with Gasteiger partial charge in [-0.25, -0.2) is 4.79 Å². The molecule has 1 aliphatic heterocycles. The van der Waals surface area contributed by atoms with E-state index in [4.69, 9.17) is 4.74 Å². The van der Waals surface area contributed by atoms with Gasteiger partial charge in [-0.05, 0) is 42.5 Å². The highest BCUT2D eigenvalue weighted by atomic mass is 32.2. The highest BCUT2D eigenvalue weighted by molar-refractivity contribution is 8.00. The van der Waals surface area contributed by atoms with Crippen molar-refractivity contribution in [3.05, 3.63) is 83.9 Å². The maximum Gasteiger partial charge on any atom is 0.326 e. The van der Waals surface area contributed by atoms with Crippen LogP contribution >= 0.6 is 11.8 Å². The van der Waals surface area contributed by atoms with Gasteiger partial charge in [-0.2, -0.15) is 0 Å². The Bertz CT molecular complexity index is 1120. The van der Waals surface area contributed by atoms with Crippen molar-refractivity contribution in [3.8, 4) is 5.75 Å². The van der Waals surface area contributed by atoms with Gasteiger partial charge in [0.2, 0.25) is 0 Å². The molecular formula is C25H25N3O3S. The summed E-state index contributed by atoms with van der Waals surface area (Å²) in [5, 5.41) is 6.15. The molecule has 0 unspecified atom stereocenters. The van der Waals surface area contributed by atoms with Crippen molar-refractivity contribution in [3.63, 3.8) is 0 Å². The number of thioether (sulfide) groups is 1. The van der Waals surface area contributed by atoms with Gasteiger partial charge in [0, 0.05) is 40.0 Å². The van der Waals surface area contributed by atoms with Crippen LogP contribution in [0.5, 0.6) is 5.75 Å². The molecule has 7 heteroatoms. The normalized spacial score (nSPS) is 14.9. The van der Waals surface area contributed by atoms with E-state index in [1.807, 2.05) is 48.5 Å². The van der Waals surface area contributed by atoms with Crippen LogP contribution in [0.4, 0.5) is 16.2 Å². The predicted molar refractivity (Wildman–Crippen MR) is 129 cm³/mol. The van der Waals surface area contributed by atoms with Crippen molar-refractivity contribution >= 4 is 35.1 Å². The van der Waals surface area contributed by atoms with Crippen molar-refractivity contribution in [1.82, 2.24) is 5.32 Å². The van der Waals surface area contributed by atoms with Gasteiger partial charge in [-0.15, -0.1) is 11.8 Å². The zero-order valence-electron chi connectivity index (χ0n) is 18.0. The molecule has 3 amide bonds. The van der Waals surface area contributed by atoms with Gasteiger partial charge < -0.3 is 15.4 Å². The lowest BCUT2D eigenvalue weighted by Gasteiger charge is -2.32. The fraction of sp³-hybridized carbons (Fsp3) is 0.200. The Morgan fingerprint density at radius 3 is 2.53 bits per heavy atom. The van der Waals surface area contributed by atoms with Crippen molar-refractivity contribution in [1.29, 1.82) is 0 Å². The SMILES string of the molecule is COc1ccccc1CNC(=O)c1ccc(NC(=O)N2C[C@@H](C)Sc3ccccc32)cc1. The van der Waals surface area contributed by atoms with E-state index < -0.39 is 0 Å². The Morgan fingerprint density at radius 2 is 1.75 bits per heavy atom. The highest BCUT2D eigenvalue weighted by Gasteiger charge is 2.26. The molecule has 0 spiro atoms. The van der Waals surface area contributed by atoms with Crippen LogP contribution in [0, 0.1) is 0 Å². The Hall–Kier alpha value is -3.45. The van der Waals surface area contributed by atoms with Gasteiger partial charge in [0.15, 0.2) is 0 Å². The first-order chi connectivity index (χ1) is 15.5. The number of methoxy groups -OCH3 is 1. The van der Waals surface area contributed by atoms with Crippen LogP contribution in [0.25, 0.3) is 0 Å². The molecule has 4 rings (SSSR count). The summed E-state index contributed by atoms with van der Waals surface area (Å²) in [6.45, 7) is 3.11.